The maximum absolute atomic E-state index is 12.3. The van der Waals surface area contributed by atoms with Gasteiger partial charge in [0.2, 0.25) is 0 Å². The van der Waals surface area contributed by atoms with Crippen LogP contribution in [0.15, 0.2) is 84.0 Å². The highest BCUT2D eigenvalue weighted by atomic mass is 16.7. The third kappa shape index (κ3) is 3.98. The van der Waals surface area contributed by atoms with E-state index >= 15 is 0 Å². The maximum atomic E-state index is 12.3. The molecule has 4 rings (SSSR count). The first-order chi connectivity index (χ1) is 14.1. The maximum Gasteiger partial charge on any atom is 0.365 e. The van der Waals surface area contributed by atoms with Crippen molar-refractivity contribution in [2.45, 2.75) is 12.5 Å². The minimum Gasteiger partial charge on any atom is -0.485 e. The molecular weight excluding hydrogens is 372 g/mol. The average Bonchev–Trinajstić information content (AvgIpc) is 2.77. The second-order valence-corrected chi connectivity index (χ2v) is 6.44. The highest BCUT2D eigenvalue weighted by molar-refractivity contribution is 6.04. The SMILES string of the molecule is O=C(O/N=C1\CC(c2ccccc2)Oc2ccccc21)c1cccc([N+](=O)[O-])c1. The molecule has 0 amide bonds. The number of fused-ring (bicyclic) bond motifs is 1. The van der Waals surface area contributed by atoms with Crippen LogP contribution in [0.1, 0.15) is 34.0 Å². The summed E-state index contributed by atoms with van der Waals surface area (Å²) in [6.45, 7) is 0. The number of nitro benzene ring substituents is 1. The first-order valence-electron chi connectivity index (χ1n) is 8.95. The number of ether oxygens (including phenoxy) is 1. The van der Waals surface area contributed by atoms with E-state index in [0.29, 0.717) is 17.9 Å². The fourth-order valence-electron chi connectivity index (χ4n) is 3.12. The molecule has 1 unspecified atom stereocenters. The van der Waals surface area contributed by atoms with Gasteiger partial charge in [-0.05, 0) is 23.8 Å². The predicted octanol–water partition coefficient (Wildman–Crippen LogP) is 4.68. The second-order valence-electron chi connectivity index (χ2n) is 6.44. The summed E-state index contributed by atoms with van der Waals surface area (Å²) in [6.07, 6.45) is 0.157. The minimum absolute atomic E-state index is 0.0588. The van der Waals surface area contributed by atoms with Crippen LogP contribution in [-0.4, -0.2) is 16.6 Å². The van der Waals surface area contributed by atoms with Gasteiger partial charge in [-0.1, -0.05) is 53.7 Å². The van der Waals surface area contributed by atoms with E-state index in [1.807, 2.05) is 54.6 Å². The largest absolute Gasteiger partial charge is 0.485 e. The van der Waals surface area contributed by atoms with Gasteiger partial charge < -0.3 is 9.57 Å². The number of para-hydroxylation sites is 1. The molecule has 1 aliphatic rings. The monoisotopic (exact) mass is 388 g/mol. The molecule has 3 aromatic carbocycles. The summed E-state index contributed by atoms with van der Waals surface area (Å²) >= 11 is 0. The summed E-state index contributed by atoms with van der Waals surface area (Å²) in [5, 5.41) is 15.0. The number of carbonyl (C=O) groups excluding carboxylic acids is 1. The molecule has 0 saturated heterocycles. The zero-order chi connectivity index (χ0) is 20.2. The second kappa shape index (κ2) is 7.93. The quantitative estimate of drug-likeness (QED) is 0.368. The first kappa shape index (κ1) is 18.4. The van der Waals surface area contributed by atoms with Crippen molar-refractivity contribution in [2.75, 3.05) is 0 Å². The van der Waals surface area contributed by atoms with Crippen molar-refractivity contribution in [3.05, 3.63) is 106 Å². The number of nitro groups is 1. The number of benzene rings is 3. The van der Waals surface area contributed by atoms with Gasteiger partial charge in [0.25, 0.3) is 5.69 Å². The number of hydrogen-bond acceptors (Lipinski definition) is 6. The fraction of sp³-hybridized carbons (Fsp3) is 0.0909. The van der Waals surface area contributed by atoms with Crippen molar-refractivity contribution < 1.29 is 19.3 Å². The smallest absolute Gasteiger partial charge is 0.365 e. The summed E-state index contributed by atoms with van der Waals surface area (Å²) in [5.74, 6) is -0.112. The number of oxime groups is 1. The van der Waals surface area contributed by atoms with Gasteiger partial charge in [-0.2, -0.15) is 0 Å². The lowest BCUT2D eigenvalue weighted by Gasteiger charge is -2.27. The van der Waals surface area contributed by atoms with E-state index in [0.717, 1.165) is 17.2 Å². The molecule has 0 fully saturated rings. The normalized spacial score (nSPS) is 16.6. The molecule has 0 saturated carbocycles. The Balaban J connectivity index is 1.60. The number of hydrogen-bond donors (Lipinski definition) is 0. The lowest BCUT2D eigenvalue weighted by atomic mass is 9.96. The Labute approximate surface area is 166 Å². The van der Waals surface area contributed by atoms with Gasteiger partial charge in [0.05, 0.1) is 16.2 Å². The molecule has 0 aromatic heterocycles. The predicted molar refractivity (Wildman–Crippen MR) is 106 cm³/mol. The van der Waals surface area contributed by atoms with Crippen molar-refractivity contribution in [3.8, 4) is 5.75 Å². The molecule has 1 aliphatic heterocycles. The van der Waals surface area contributed by atoms with Gasteiger partial charge in [-0.15, -0.1) is 0 Å². The number of carbonyl (C=O) groups is 1. The van der Waals surface area contributed by atoms with Crippen molar-refractivity contribution in [3.63, 3.8) is 0 Å². The van der Waals surface area contributed by atoms with Crippen LogP contribution in [0.25, 0.3) is 0 Å². The van der Waals surface area contributed by atoms with Gasteiger partial charge in [0.1, 0.15) is 11.9 Å². The van der Waals surface area contributed by atoms with Crippen LogP contribution in [0.2, 0.25) is 0 Å². The molecule has 1 atom stereocenters. The number of rotatable bonds is 4. The lowest BCUT2D eigenvalue weighted by Crippen LogP contribution is -2.21. The molecule has 0 N–H and O–H groups in total. The molecule has 7 heteroatoms. The summed E-state index contributed by atoms with van der Waals surface area (Å²) in [7, 11) is 0. The average molecular weight is 388 g/mol. The summed E-state index contributed by atoms with van der Waals surface area (Å²) in [4.78, 5) is 27.8. The first-order valence-corrected chi connectivity index (χ1v) is 8.95. The molecule has 0 bridgehead atoms. The van der Waals surface area contributed by atoms with Crippen LogP contribution in [0.4, 0.5) is 5.69 Å². The van der Waals surface area contributed by atoms with Crippen molar-refractivity contribution in [2.24, 2.45) is 5.16 Å². The Bertz CT molecular complexity index is 1100. The lowest BCUT2D eigenvalue weighted by molar-refractivity contribution is -0.384. The molecule has 144 valence electrons. The van der Waals surface area contributed by atoms with Crippen molar-refractivity contribution >= 4 is 17.4 Å². The van der Waals surface area contributed by atoms with E-state index in [2.05, 4.69) is 5.16 Å². The van der Waals surface area contributed by atoms with Gasteiger partial charge in [0.15, 0.2) is 0 Å². The van der Waals surface area contributed by atoms with Crippen LogP contribution in [0.3, 0.4) is 0 Å². The highest BCUT2D eigenvalue weighted by Crippen LogP contribution is 2.35. The van der Waals surface area contributed by atoms with Crippen molar-refractivity contribution in [1.82, 2.24) is 0 Å². The van der Waals surface area contributed by atoms with E-state index in [9.17, 15) is 14.9 Å². The Morgan fingerprint density at radius 3 is 2.59 bits per heavy atom. The standard InChI is InChI=1S/C22H16N2O5/c25-22(16-9-6-10-17(13-16)24(26)27)29-23-19-14-21(15-7-2-1-3-8-15)28-20-12-5-4-11-18(19)20/h1-13,21H,14H2/b23-19+. The van der Waals surface area contributed by atoms with E-state index in [4.69, 9.17) is 9.57 Å². The summed E-state index contributed by atoms with van der Waals surface area (Å²) in [5.41, 5.74) is 2.17. The van der Waals surface area contributed by atoms with Crippen LogP contribution >= 0.6 is 0 Å². The van der Waals surface area contributed by atoms with Crippen LogP contribution in [0.5, 0.6) is 5.75 Å². The van der Waals surface area contributed by atoms with E-state index in [1.54, 1.807) is 0 Å². The third-order valence-corrected chi connectivity index (χ3v) is 4.55. The molecule has 0 radical (unpaired) electrons. The number of non-ortho nitro benzene ring substituents is 1. The molecule has 3 aromatic rings. The molecule has 0 aliphatic carbocycles. The summed E-state index contributed by atoms with van der Waals surface area (Å²) in [6, 6.07) is 22.4. The van der Waals surface area contributed by atoms with E-state index in [-0.39, 0.29) is 17.4 Å². The molecule has 7 nitrogen and oxygen atoms in total. The fourth-order valence-corrected chi connectivity index (χ4v) is 3.12. The van der Waals surface area contributed by atoms with Gasteiger partial charge >= 0.3 is 5.97 Å². The van der Waals surface area contributed by atoms with Gasteiger partial charge in [-0.25, -0.2) is 4.79 Å². The van der Waals surface area contributed by atoms with E-state index < -0.39 is 10.9 Å². The van der Waals surface area contributed by atoms with E-state index in [1.165, 1.54) is 18.2 Å². The van der Waals surface area contributed by atoms with Crippen molar-refractivity contribution in [1.29, 1.82) is 0 Å². The molecular formula is C22H16N2O5. The minimum atomic E-state index is -0.763. The third-order valence-electron chi connectivity index (χ3n) is 4.55. The van der Waals surface area contributed by atoms with Crippen LogP contribution < -0.4 is 4.74 Å². The van der Waals surface area contributed by atoms with Crippen LogP contribution in [0, 0.1) is 10.1 Å². The number of nitrogens with zero attached hydrogens (tertiary/aromatic N) is 2. The zero-order valence-corrected chi connectivity index (χ0v) is 15.2. The Morgan fingerprint density at radius 1 is 1.03 bits per heavy atom. The molecule has 29 heavy (non-hydrogen) atoms. The topological polar surface area (TPSA) is 91.0 Å². The Hall–Kier alpha value is -4.00. The molecule has 1 heterocycles. The van der Waals surface area contributed by atoms with Gasteiger partial charge in [-0.3, -0.25) is 10.1 Å². The zero-order valence-electron chi connectivity index (χ0n) is 15.2. The summed E-state index contributed by atoms with van der Waals surface area (Å²) < 4.78 is 6.09. The Morgan fingerprint density at radius 2 is 1.79 bits per heavy atom. The molecule has 0 spiro atoms. The van der Waals surface area contributed by atoms with Gasteiger partial charge in [0, 0.05) is 24.1 Å². The highest BCUT2D eigenvalue weighted by Gasteiger charge is 2.27. The Kier molecular flexibility index (Phi) is 5.03. The van der Waals surface area contributed by atoms with Crippen LogP contribution in [-0.2, 0) is 4.84 Å².